The number of rotatable bonds is 4. The second kappa shape index (κ2) is 11.7. The molecule has 2 heterocycles. The van der Waals surface area contributed by atoms with E-state index in [9.17, 15) is 0 Å². The van der Waals surface area contributed by atoms with Crippen molar-refractivity contribution >= 4 is 65.0 Å². The smallest absolute Gasteiger partial charge is 0.161 e. The third kappa shape index (κ3) is 4.75. The number of fused-ring (bicyclic) bond motifs is 10. The normalized spacial score (nSPS) is 11.8. The minimum Gasteiger partial charge on any atom is -0.456 e. The van der Waals surface area contributed by atoms with E-state index in [1.54, 1.807) is 0 Å². The molecule has 0 aliphatic rings. The van der Waals surface area contributed by atoms with E-state index in [4.69, 9.17) is 14.4 Å². The van der Waals surface area contributed by atoms with Crippen LogP contribution in [0.5, 0.6) is 0 Å². The first-order chi connectivity index (χ1) is 26.3. The van der Waals surface area contributed by atoms with Gasteiger partial charge < -0.3 is 4.42 Å². The molecule has 11 rings (SSSR count). The molecule has 9 aromatic carbocycles. The topological polar surface area (TPSA) is 38.9 Å². The van der Waals surface area contributed by atoms with E-state index in [2.05, 4.69) is 164 Å². The molecule has 3 heteroatoms. The van der Waals surface area contributed by atoms with Crippen LogP contribution < -0.4 is 0 Å². The molecule has 0 radical (unpaired) electrons. The van der Waals surface area contributed by atoms with Crippen LogP contribution in [0.15, 0.2) is 186 Å². The zero-order chi connectivity index (χ0) is 34.9. The van der Waals surface area contributed by atoms with Gasteiger partial charge in [-0.05, 0) is 90.6 Å². The van der Waals surface area contributed by atoms with Gasteiger partial charge in [-0.3, -0.25) is 0 Å². The van der Waals surface area contributed by atoms with Crippen molar-refractivity contribution in [2.75, 3.05) is 0 Å². The summed E-state index contributed by atoms with van der Waals surface area (Å²) in [5, 5.41) is 11.9. The third-order valence-corrected chi connectivity index (χ3v) is 10.7. The maximum Gasteiger partial charge on any atom is 0.161 e. The van der Waals surface area contributed by atoms with Crippen LogP contribution in [-0.2, 0) is 0 Å². The largest absolute Gasteiger partial charge is 0.456 e. The SMILES string of the molecule is c1ccc(-c2cc(-c3ccc4ccccc4c3)nc(-c3c(-c4ccc5c6ccccc6c6ccccc6c5c4)ccc4oc5ccccc5c34)n2)cc1. The summed E-state index contributed by atoms with van der Waals surface area (Å²) in [6.07, 6.45) is 0. The molecule has 0 spiro atoms. The summed E-state index contributed by atoms with van der Waals surface area (Å²) in [6.45, 7) is 0. The van der Waals surface area contributed by atoms with Crippen molar-refractivity contribution in [2.24, 2.45) is 0 Å². The Labute approximate surface area is 305 Å². The van der Waals surface area contributed by atoms with Crippen molar-refractivity contribution in [2.45, 2.75) is 0 Å². The highest BCUT2D eigenvalue weighted by Gasteiger charge is 2.22. The molecule has 53 heavy (non-hydrogen) atoms. The molecule has 11 aromatic rings. The van der Waals surface area contributed by atoms with Crippen LogP contribution >= 0.6 is 0 Å². The molecule has 3 nitrogen and oxygen atoms in total. The van der Waals surface area contributed by atoms with Crippen LogP contribution in [0.2, 0.25) is 0 Å². The summed E-state index contributed by atoms with van der Waals surface area (Å²) in [5.41, 5.74) is 8.56. The molecule has 0 amide bonds. The zero-order valence-electron chi connectivity index (χ0n) is 28.6. The number of nitrogens with zero attached hydrogens (tertiary/aromatic N) is 2. The molecule has 246 valence electrons. The third-order valence-electron chi connectivity index (χ3n) is 10.7. The van der Waals surface area contributed by atoms with Crippen LogP contribution in [0.4, 0.5) is 0 Å². The van der Waals surface area contributed by atoms with Gasteiger partial charge >= 0.3 is 0 Å². The summed E-state index contributed by atoms with van der Waals surface area (Å²) in [7, 11) is 0. The fourth-order valence-electron chi connectivity index (χ4n) is 8.18. The molecule has 0 bridgehead atoms. The average Bonchev–Trinajstić information content (AvgIpc) is 3.62. The second-order valence-corrected chi connectivity index (χ2v) is 13.7. The molecule has 0 saturated carbocycles. The Bertz CT molecular complexity index is 3200. The molecule has 0 aliphatic carbocycles. The van der Waals surface area contributed by atoms with E-state index >= 15 is 0 Å². The average molecular weight is 675 g/mol. The van der Waals surface area contributed by atoms with Crippen LogP contribution in [0.1, 0.15) is 0 Å². The number of hydrogen-bond acceptors (Lipinski definition) is 3. The maximum atomic E-state index is 6.50. The summed E-state index contributed by atoms with van der Waals surface area (Å²) in [6, 6.07) is 64.4. The van der Waals surface area contributed by atoms with Crippen molar-refractivity contribution in [3.8, 4) is 45.0 Å². The Balaban J connectivity index is 1.24. The Hall–Kier alpha value is -7.10. The summed E-state index contributed by atoms with van der Waals surface area (Å²) in [5.74, 6) is 0.658. The Morgan fingerprint density at radius 2 is 0.925 bits per heavy atom. The van der Waals surface area contributed by atoms with Gasteiger partial charge in [0.2, 0.25) is 0 Å². The van der Waals surface area contributed by atoms with Crippen molar-refractivity contribution in [3.63, 3.8) is 0 Å². The van der Waals surface area contributed by atoms with Crippen molar-refractivity contribution < 1.29 is 4.42 Å². The van der Waals surface area contributed by atoms with Gasteiger partial charge in [-0.1, -0.05) is 146 Å². The number of furan rings is 1. The highest BCUT2D eigenvalue weighted by molar-refractivity contribution is 6.26. The van der Waals surface area contributed by atoms with Gasteiger partial charge in [-0.25, -0.2) is 9.97 Å². The van der Waals surface area contributed by atoms with Crippen molar-refractivity contribution in [3.05, 3.63) is 182 Å². The Morgan fingerprint density at radius 3 is 1.68 bits per heavy atom. The van der Waals surface area contributed by atoms with Gasteiger partial charge in [0, 0.05) is 27.5 Å². The first kappa shape index (κ1) is 29.6. The molecule has 0 atom stereocenters. The molecule has 0 saturated heterocycles. The lowest BCUT2D eigenvalue weighted by Crippen LogP contribution is -1.98. The van der Waals surface area contributed by atoms with Gasteiger partial charge in [0.1, 0.15) is 11.2 Å². The number of benzene rings is 9. The van der Waals surface area contributed by atoms with Crippen molar-refractivity contribution in [1.82, 2.24) is 9.97 Å². The van der Waals surface area contributed by atoms with Gasteiger partial charge in [0.05, 0.1) is 11.4 Å². The van der Waals surface area contributed by atoms with E-state index < -0.39 is 0 Å². The Kier molecular flexibility index (Phi) is 6.55. The molecular formula is C50H30N2O. The van der Waals surface area contributed by atoms with Gasteiger partial charge in [0.15, 0.2) is 5.82 Å². The van der Waals surface area contributed by atoms with Crippen LogP contribution in [0.3, 0.4) is 0 Å². The lowest BCUT2D eigenvalue weighted by Gasteiger charge is -2.16. The number of hydrogen-bond donors (Lipinski definition) is 0. The molecule has 0 fully saturated rings. The van der Waals surface area contributed by atoms with Crippen LogP contribution in [0.25, 0.3) is 110 Å². The maximum absolute atomic E-state index is 6.50. The fraction of sp³-hybridized carbons (Fsp3) is 0. The van der Waals surface area contributed by atoms with E-state index in [-0.39, 0.29) is 0 Å². The first-order valence-electron chi connectivity index (χ1n) is 18.0. The van der Waals surface area contributed by atoms with E-state index in [1.807, 2.05) is 18.2 Å². The molecule has 0 N–H and O–H groups in total. The fourth-order valence-corrected chi connectivity index (χ4v) is 8.18. The first-order valence-corrected chi connectivity index (χ1v) is 18.0. The van der Waals surface area contributed by atoms with Gasteiger partial charge in [0.25, 0.3) is 0 Å². The van der Waals surface area contributed by atoms with Gasteiger partial charge in [-0.2, -0.15) is 0 Å². The second-order valence-electron chi connectivity index (χ2n) is 13.7. The van der Waals surface area contributed by atoms with Crippen LogP contribution in [-0.4, -0.2) is 9.97 Å². The summed E-state index contributed by atoms with van der Waals surface area (Å²) >= 11 is 0. The molecular weight excluding hydrogens is 645 g/mol. The molecule has 0 unspecified atom stereocenters. The monoisotopic (exact) mass is 674 g/mol. The van der Waals surface area contributed by atoms with E-state index in [0.717, 1.165) is 61.1 Å². The lowest BCUT2D eigenvalue weighted by atomic mass is 9.89. The van der Waals surface area contributed by atoms with Gasteiger partial charge in [-0.15, -0.1) is 0 Å². The highest BCUT2D eigenvalue weighted by atomic mass is 16.3. The minimum absolute atomic E-state index is 0.658. The summed E-state index contributed by atoms with van der Waals surface area (Å²) in [4.78, 5) is 10.8. The predicted octanol–water partition coefficient (Wildman–Crippen LogP) is 13.7. The predicted molar refractivity (Wildman–Crippen MR) is 221 cm³/mol. The standard InChI is InChI=1S/C50H30N2O/c1-2-13-32(14-3-1)44-30-45(35-23-22-31-12-4-5-15-33(31)28-35)52-50(51-44)49-36(26-27-47-48(49)42-20-10-11-21-46(42)53-47)34-24-25-41-39-18-7-6-16-37(39)38-17-8-9-19-40(38)43(41)29-34/h1-30H. The number of aromatic nitrogens is 2. The van der Waals surface area contributed by atoms with E-state index in [1.165, 1.54) is 43.1 Å². The quantitative estimate of drug-likeness (QED) is 0.174. The van der Waals surface area contributed by atoms with E-state index in [0.29, 0.717) is 5.82 Å². The lowest BCUT2D eigenvalue weighted by molar-refractivity contribution is 0.669. The Morgan fingerprint density at radius 1 is 0.340 bits per heavy atom. The zero-order valence-corrected chi connectivity index (χ0v) is 28.6. The molecule has 2 aromatic heterocycles. The molecule has 0 aliphatic heterocycles. The highest BCUT2D eigenvalue weighted by Crippen LogP contribution is 2.44. The van der Waals surface area contributed by atoms with Crippen molar-refractivity contribution in [1.29, 1.82) is 0 Å². The van der Waals surface area contributed by atoms with Crippen LogP contribution in [0, 0.1) is 0 Å². The number of para-hydroxylation sites is 1. The summed E-state index contributed by atoms with van der Waals surface area (Å²) < 4.78 is 6.50. The minimum atomic E-state index is 0.658.